The lowest BCUT2D eigenvalue weighted by molar-refractivity contribution is -0.130. The first-order valence-corrected chi connectivity index (χ1v) is 10.1. The highest BCUT2D eigenvalue weighted by molar-refractivity contribution is 5.92. The summed E-state index contributed by atoms with van der Waals surface area (Å²) in [5.41, 5.74) is 0.871. The maximum absolute atomic E-state index is 12.4. The minimum atomic E-state index is -0.838. The van der Waals surface area contributed by atoms with E-state index >= 15 is 0 Å². The molecule has 0 aliphatic heterocycles. The predicted molar refractivity (Wildman–Crippen MR) is 113 cm³/mol. The van der Waals surface area contributed by atoms with E-state index in [1.807, 2.05) is 51.1 Å². The molecule has 1 rings (SSSR count). The summed E-state index contributed by atoms with van der Waals surface area (Å²) in [5.74, 6) is -1.31. The molecule has 4 N–H and O–H groups in total. The summed E-state index contributed by atoms with van der Waals surface area (Å²) in [5, 5.41) is 10.5. The van der Waals surface area contributed by atoms with Crippen LogP contribution >= 0.6 is 0 Å². The van der Waals surface area contributed by atoms with Crippen LogP contribution in [0.2, 0.25) is 0 Å². The highest BCUT2D eigenvalue weighted by Gasteiger charge is 2.21. The molecule has 8 nitrogen and oxygen atoms in total. The van der Waals surface area contributed by atoms with E-state index in [0.717, 1.165) is 5.56 Å². The Kier molecular flexibility index (Phi) is 14.7. The maximum Gasteiger partial charge on any atom is 0.243 e. The van der Waals surface area contributed by atoms with Crippen molar-refractivity contribution in [1.29, 1.82) is 0 Å². The van der Waals surface area contributed by atoms with Gasteiger partial charge in [-0.15, -0.1) is 0 Å². The molecule has 0 fully saturated rings. The fourth-order valence-corrected chi connectivity index (χ4v) is 2.22. The lowest BCUT2D eigenvalue weighted by atomic mass is 10.1. The van der Waals surface area contributed by atoms with Gasteiger partial charge < -0.3 is 21.3 Å². The summed E-state index contributed by atoms with van der Waals surface area (Å²) in [6.45, 7) is 8.06. The van der Waals surface area contributed by atoms with E-state index in [0.29, 0.717) is 13.0 Å². The Labute approximate surface area is 173 Å². The number of likely N-dealkylation sites (N-methyl/N-ethyl adjacent to an activating group) is 1. The Bertz CT molecular complexity index is 635. The van der Waals surface area contributed by atoms with Crippen molar-refractivity contribution < 1.29 is 19.2 Å². The van der Waals surface area contributed by atoms with Gasteiger partial charge >= 0.3 is 0 Å². The third kappa shape index (κ3) is 12.4. The highest BCUT2D eigenvalue weighted by atomic mass is 16.2. The van der Waals surface area contributed by atoms with Gasteiger partial charge in [0.05, 0.1) is 19.6 Å². The van der Waals surface area contributed by atoms with E-state index in [1.54, 1.807) is 6.92 Å². The van der Waals surface area contributed by atoms with Crippen molar-refractivity contribution in [2.45, 2.75) is 46.6 Å². The number of hydrogen-bond donors (Lipinski definition) is 4. The number of ketones is 1. The Hall–Kier alpha value is -2.74. The SMILES string of the molecule is CC.CCNCC(=O)NCC(=O)NC(Cc1ccccc1)C(=O)NCC(=O)CC. The number of rotatable bonds is 12. The third-order valence-electron chi connectivity index (χ3n) is 3.77. The molecule has 0 aliphatic rings. The molecule has 0 bridgehead atoms. The molecule has 0 spiro atoms. The van der Waals surface area contributed by atoms with Gasteiger partial charge in [0, 0.05) is 12.8 Å². The molecular formula is C21H34N4O4. The van der Waals surface area contributed by atoms with Gasteiger partial charge in [-0.2, -0.15) is 0 Å². The van der Waals surface area contributed by atoms with Gasteiger partial charge in [0.2, 0.25) is 17.7 Å². The van der Waals surface area contributed by atoms with Gasteiger partial charge in [-0.05, 0) is 12.1 Å². The predicted octanol–water partition coefficient (Wildman–Crippen LogP) is 0.561. The van der Waals surface area contributed by atoms with E-state index in [2.05, 4.69) is 21.3 Å². The molecular weight excluding hydrogens is 372 g/mol. The number of amides is 3. The zero-order valence-electron chi connectivity index (χ0n) is 17.8. The normalized spacial score (nSPS) is 10.8. The van der Waals surface area contributed by atoms with Crippen LogP contribution in [0.25, 0.3) is 0 Å². The minimum Gasteiger partial charge on any atom is -0.347 e. The molecule has 8 heteroatoms. The van der Waals surface area contributed by atoms with Crippen molar-refractivity contribution in [3.8, 4) is 0 Å². The van der Waals surface area contributed by atoms with E-state index in [4.69, 9.17) is 0 Å². The van der Waals surface area contributed by atoms with E-state index < -0.39 is 17.9 Å². The molecule has 1 aromatic rings. The molecule has 1 aromatic carbocycles. The number of hydrogen-bond acceptors (Lipinski definition) is 5. The number of Topliss-reactive ketones (excluding diaryl/α,β-unsaturated/α-hetero) is 1. The summed E-state index contributed by atoms with van der Waals surface area (Å²) in [7, 11) is 0. The van der Waals surface area contributed by atoms with E-state index in [1.165, 1.54) is 0 Å². The van der Waals surface area contributed by atoms with Crippen LogP contribution in [0.5, 0.6) is 0 Å². The van der Waals surface area contributed by atoms with Gasteiger partial charge in [0.15, 0.2) is 5.78 Å². The van der Waals surface area contributed by atoms with E-state index in [-0.39, 0.29) is 37.7 Å². The fraction of sp³-hybridized carbons (Fsp3) is 0.524. The summed E-state index contributed by atoms with van der Waals surface area (Å²) >= 11 is 0. The van der Waals surface area contributed by atoms with Crippen LogP contribution in [-0.2, 0) is 25.6 Å². The van der Waals surface area contributed by atoms with Gasteiger partial charge in [0.1, 0.15) is 6.04 Å². The Morgan fingerprint density at radius 1 is 0.862 bits per heavy atom. The molecule has 3 amide bonds. The molecule has 29 heavy (non-hydrogen) atoms. The number of benzene rings is 1. The zero-order valence-corrected chi connectivity index (χ0v) is 17.8. The van der Waals surface area contributed by atoms with Crippen molar-refractivity contribution in [2.75, 3.05) is 26.2 Å². The second-order valence-electron chi connectivity index (χ2n) is 5.98. The standard InChI is InChI=1S/C19H28N4O4.C2H6/c1-3-15(24)11-22-19(27)16(10-14-8-6-5-7-9-14)23-18(26)13-21-17(25)12-20-4-2;1-2/h5-9,16,20H,3-4,10-13H2,1-2H3,(H,21,25)(H,22,27)(H,23,26);1-2H3. The molecule has 162 valence electrons. The number of carbonyl (C=O) groups is 4. The summed E-state index contributed by atoms with van der Waals surface area (Å²) in [6, 6.07) is 8.40. The zero-order chi connectivity index (χ0) is 22.1. The first-order chi connectivity index (χ1) is 14.0. The summed E-state index contributed by atoms with van der Waals surface area (Å²) < 4.78 is 0. The average Bonchev–Trinajstić information content (AvgIpc) is 2.75. The molecule has 0 heterocycles. The number of carbonyl (C=O) groups excluding carboxylic acids is 4. The summed E-state index contributed by atoms with van der Waals surface area (Å²) in [6.07, 6.45) is 0.609. The smallest absolute Gasteiger partial charge is 0.243 e. The quantitative estimate of drug-likeness (QED) is 0.405. The van der Waals surface area contributed by atoms with Crippen molar-refractivity contribution in [3.05, 3.63) is 35.9 Å². The largest absolute Gasteiger partial charge is 0.347 e. The van der Waals surface area contributed by atoms with Gasteiger partial charge in [-0.3, -0.25) is 19.2 Å². The topological polar surface area (TPSA) is 116 Å². The van der Waals surface area contributed by atoms with Crippen LogP contribution < -0.4 is 21.3 Å². The lowest BCUT2D eigenvalue weighted by Gasteiger charge is -2.19. The molecule has 1 atom stereocenters. The Morgan fingerprint density at radius 3 is 2.10 bits per heavy atom. The second-order valence-corrected chi connectivity index (χ2v) is 5.98. The Balaban J connectivity index is 0.00000379. The number of nitrogens with one attached hydrogen (secondary N) is 4. The molecule has 0 saturated carbocycles. The molecule has 0 aliphatic carbocycles. The van der Waals surface area contributed by atoms with Crippen LogP contribution in [0, 0.1) is 0 Å². The molecule has 0 aromatic heterocycles. The summed E-state index contributed by atoms with van der Waals surface area (Å²) in [4.78, 5) is 47.5. The van der Waals surface area contributed by atoms with Crippen molar-refractivity contribution in [1.82, 2.24) is 21.3 Å². The third-order valence-corrected chi connectivity index (χ3v) is 3.77. The van der Waals surface area contributed by atoms with Crippen LogP contribution in [0.4, 0.5) is 0 Å². The van der Waals surface area contributed by atoms with Crippen molar-refractivity contribution in [3.63, 3.8) is 0 Å². The van der Waals surface area contributed by atoms with Crippen molar-refractivity contribution >= 4 is 23.5 Å². The average molecular weight is 407 g/mol. The van der Waals surface area contributed by atoms with Crippen LogP contribution in [-0.4, -0.2) is 55.7 Å². The minimum absolute atomic E-state index is 0.0735. The Morgan fingerprint density at radius 2 is 1.52 bits per heavy atom. The van der Waals surface area contributed by atoms with Gasteiger partial charge in [-0.1, -0.05) is 58.0 Å². The first kappa shape index (κ1) is 26.3. The van der Waals surface area contributed by atoms with Crippen LogP contribution in [0.3, 0.4) is 0 Å². The van der Waals surface area contributed by atoms with Gasteiger partial charge in [-0.25, -0.2) is 0 Å². The van der Waals surface area contributed by atoms with Crippen LogP contribution in [0.15, 0.2) is 30.3 Å². The molecule has 0 saturated heterocycles. The lowest BCUT2D eigenvalue weighted by Crippen LogP contribution is -2.51. The van der Waals surface area contributed by atoms with Crippen molar-refractivity contribution in [2.24, 2.45) is 0 Å². The van der Waals surface area contributed by atoms with E-state index in [9.17, 15) is 19.2 Å². The first-order valence-electron chi connectivity index (χ1n) is 10.1. The van der Waals surface area contributed by atoms with Gasteiger partial charge in [0.25, 0.3) is 0 Å². The highest BCUT2D eigenvalue weighted by Crippen LogP contribution is 2.03. The van der Waals surface area contributed by atoms with Crippen LogP contribution in [0.1, 0.15) is 39.7 Å². The molecule has 0 radical (unpaired) electrons. The maximum atomic E-state index is 12.4. The molecule has 1 unspecified atom stereocenters. The fourth-order valence-electron chi connectivity index (χ4n) is 2.22. The second kappa shape index (κ2) is 16.2. The monoisotopic (exact) mass is 406 g/mol.